The minimum atomic E-state index is -4.18. The van der Waals surface area contributed by atoms with Crippen LogP contribution in [0.2, 0.25) is 5.02 Å². The van der Waals surface area contributed by atoms with Gasteiger partial charge in [-0.3, -0.25) is 13.9 Å². The summed E-state index contributed by atoms with van der Waals surface area (Å²) in [7, 11) is -2.63. The lowest BCUT2D eigenvalue weighted by atomic mass is 10.1. The van der Waals surface area contributed by atoms with Crippen LogP contribution in [0, 0.1) is 13.8 Å². The van der Waals surface area contributed by atoms with E-state index < -0.39 is 28.5 Å². The van der Waals surface area contributed by atoms with Crippen molar-refractivity contribution in [3.63, 3.8) is 0 Å². The Hall–Kier alpha value is -3.56. The van der Waals surface area contributed by atoms with E-state index in [1.54, 1.807) is 31.4 Å². The van der Waals surface area contributed by atoms with Gasteiger partial charge in [-0.05, 0) is 98.8 Å². The maximum atomic E-state index is 14.2. The van der Waals surface area contributed by atoms with E-state index in [1.165, 1.54) is 29.2 Å². The Kier molecular flexibility index (Phi) is 11.4. The highest BCUT2D eigenvalue weighted by Crippen LogP contribution is 2.28. The summed E-state index contributed by atoms with van der Waals surface area (Å²) < 4.78 is 34.5. The number of nitrogens with one attached hydrogen (secondary N) is 1. The van der Waals surface area contributed by atoms with E-state index in [-0.39, 0.29) is 23.4 Å². The Balaban J connectivity index is 2.09. The summed E-state index contributed by atoms with van der Waals surface area (Å²) in [5, 5.41) is 3.38. The van der Waals surface area contributed by atoms with Gasteiger partial charge in [-0.2, -0.15) is 0 Å². The summed E-state index contributed by atoms with van der Waals surface area (Å²) in [6, 6.07) is 17.4. The van der Waals surface area contributed by atoms with Crippen molar-refractivity contribution in [1.29, 1.82) is 0 Å². The maximum Gasteiger partial charge on any atom is 0.264 e. The first-order chi connectivity index (χ1) is 19.9. The first kappa shape index (κ1) is 32.9. The topological polar surface area (TPSA) is 96.0 Å². The molecule has 2 unspecified atom stereocenters. The van der Waals surface area contributed by atoms with E-state index in [0.717, 1.165) is 27.4 Å². The number of carbonyl (C=O) groups is 2. The van der Waals surface area contributed by atoms with Crippen LogP contribution in [0.3, 0.4) is 0 Å². The Morgan fingerprint density at radius 2 is 1.64 bits per heavy atom. The lowest BCUT2D eigenvalue weighted by Gasteiger charge is -2.34. The molecule has 10 heteroatoms. The molecule has 0 saturated heterocycles. The van der Waals surface area contributed by atoms with Crippen molar-refractivity contribution in [3.8, 4) is 5.75 Å². The van der Waals surface area contributed by atoms with Gasteiger partial charge < -0.3 is 15.0 Å². The molecule has 0 aliphatic rings. The predicted octanol–water partition coefficient (Wildman–Crippen LogP) is 5.88. The van der Waals surface area contributed by atoms with Gasteiger partial charge in [0.1, 0.15) is 18.3 Å². The van der Waals surface area contributed by atoms with Crippen molar-refractivity contribution in [2.45, 2.75) is 71.0 Å². The third-order valence-electron chi connectivity index (χ3n) is 7.33. The Bertz CT molecular complexity index is 1490. The summed E-state index contributed by atoms with van der Waals surface area (Å²) >= 11 is 6.03. The summed E-state index contributed by atoms with van der Waals surface area (Å²) in [4.78, 5) is 29.1. The molecule has 0 fully saturated rings. The molecule has 0 aliphatic heterocycles. The molecular weight excluding hydrogens is 574 g/mol. The van der Waals surface area contributed by atoms with Crippen molar-refractivity contribution in [2.75, 3.05) is 18.0 Å². The van der Waals surface area contributed by atoms with Crippen molar-refractivity contribution < 1.29 is 22.7 Å². The standard InChI is InChI=1S/C32H40ClN3O5S/c1-7-24(5)34-32(38)30(8-2)35(20-25-10-9-11-28(19-25)41-6)31(37)21-36(27-15-12-22(3)23(4)18-27)42(39,40)29-16-13-26(33)14-17-29/h9-19,24,30H,7-8,20-21H2,1-6H3,(H,34,38). The quantitative estimate of drug-likeness (QED) is 0.260. The van der Waals surface area contributed by atoms with Crippen molar-refractivity contribution >= 4 is 39.1 Å². The minimum absolute atomic E-state index is 0.00108. The number of carbonyl (C=O) groups excluding carboxylic acids is 2. The number of nitrogens with zero attached hydrogens (tertiary/aromatic N) is 2. The first-order valence-electron chi connectivity index (χ1n) is 14.0. The van der Waals surface area contributed by atoms with Crippen LogP contribution in [0.1, 0.15) is 50.3 Å². The highest BCUT2D eigenvalue weighted by molar-refractivity contribution is 7.92. The molecule has 8 nitrogen and oxygen atoms in total. The van der Waals surface area contributed by atoms with E-state index in [2.05, 4.69) is 5.32 Å². The van der Waals surface area contributed by atoms with E-state index in [0.29, 0.717) is 22.9 Å². The number of hydrogen-bond acceptors (Lipinski definition) is 5. The molecule has 0 heterocycles. The fourth-order valence-corrected chi connectivity index (χ4v) is 6.00. The average Bonchev–Trinajstić information content (AvgIpc) is 2.97. The van der Waals surface area contributed by atoms with Crippen LogP contribution in [0.25, 0.3) is 0 Å². The van der Waals surface area contributed by atoms with Gasteiger partial charge in [-0.1, -0.05) is 43.6 Å². The van der Waals surface area contributed by atoms with Crippen molar-refractivity contribution in [2.24, 2.45) is 0 Å². The fourth-order valence-electron chi connectivity index (χ4n) is 4.47. The Morgan fingerprint density at radius 1 is 0.952 bits per heavy atom. The fraction of sp³-hybridized carbons (Fsp3) is 0.375. The zero-order valence-corrected chi connectivity index (χ0v) is 26.6. The van der Waals surface area contributed by atoms with Gasteiger partial charge >= 0.3 is 0 Å². The number of hydrogen-bond donors (Lipinski definition) is 1. The van der Waals surface area contributed by atoms with E-state index in [1.807, 2.05) is 52.8 Å². The second kappa shape index (κ2) is 14.6. The molecule has 226 valence electrons. The third-order valence-corrected chi connectivity index (χ3v) is 9.37. The van der Waals surface area contributed by atoms with Crippen LogP contribution >= 0.6 is 11.6 Å². The summed E-state index contributed by atoms with van der Waals surface area (Å²) in [5.74, 6) is -0.194. The molecule has 0 spiro atoms. The second-order valence-electron chi connectivity index (χ2n) is 10.3. The molecule has 3 aromatic rings. The number of sulfonamides is 1. The van der Waals surface area contributed by atoms with Gasteiger partial charge in [-0.25, -0.2) is 8.42 Å². The highest BCUT2D eigenvalue weighted by atomic mass is 35.5. The molecule has 0 bridgehead atoms. The number of methoxy groups -OCH3 is 1. The molecule has 0 aliphatic carbocycles. The van der Waals surface area contributed by atoms with Gasteiger partial charge in [-0.15, -0.1) is 0 Å². The smallest absolute Gasteiger partial charge is 0.264 e. The van der Waals surface area contributed by atoms with Crippen LogP contribution in [0.15, 0.2) is 71.6 Å². The van der Waals surface area contributed by atoms with E-state index in [4.69, 9.17) is 16.3 Å². The van der Waals surface area contributed by atoms with Crippen molar-refractivity contribution in [1.82, 2.24) is 10.2 Å². The first-order valence-corrected chi connectivity index (χ1v) is 15.8. The summed E-state index contributed by atoms with van der Waals surface area (Å²) in [6.07, 6.45) is 1.07. The van der Waals surface area contributed by atoms with Crippen LogP contribution in [0.5, 0.6) is 5.75 Å². The molecule has 0 aromatic heterocycles. The number of ether oxygens (including phenoxy) is 1. The van der Waals surface area contributed by atoms with Gasteiger partial charge in [0.05, 0.1) is 17.7 Å². The summed E-state index contributed by atoms with van der Waals surface area (Å²) in [6.45, 7) is 9.09. The molecule has 0 radical (unpaired) electrons. The Labute approximate surface area is 254 Å². The number of rotatable bonds is 13. The normalized spacial score (nSPS) is 12.7. The predicted molar refractivity (Wildman–Crippen MR) is 167 cm³/mol. The molecule has 3 aromatic carbocycles. The van der Waals surface area contributed by atoms with Crippen LogP contribution in [-0.4, -0.2) is 50.9 Å². The monoisotopic (exact) mass is 613 g/mol. The van der Waals surface area contributed by atoms with Gasteiger partial charge in [0, 0.05) is 17.6 Å². The molecule has 2 atom stereocenters. The number of benzene rings is 3. The molecule has 1 N–H and O–H groups in total. The zero-order valence-electron chi connectivity index (χ0n) is 25.1. The average molecular weight is 614 g/mol. The van der Waals surface area contributed by atoms with Crippen LogP contribution in [0.4, 0.5) is 5.69 Å². The molecule has 0 saturated carbocycles. The Morgan fingerprint density at radius 3 is 2.24 bits per heavy atom. The van der Waals surface area contributed by atoms with E-state index in [9.17, 15) is 18.0 Å². The number of anilines is 1. The lowest BCUT2D eigenvalue weighted by Crippen LogP contribution is -2.53. The number of aryl methyl sites for hydroxylation is 2. The maximum absolute atomic E-state index is 14.2. The SMILES string of the molecule is CCC(C)NC(=O)C(CC)N(Cc1cccc(OC)c1)C(=O)CN(c1ccc(C)c(C)c1)S(=O)(=O)c1ccc(Cl)cc1. The molecular formula is C32H40ClN3O5S. The molecule has 42 heavy (non-hydrogen) atoms. The van der Waals surface area contributed by atoms with Crippen LogP contribution < -0.4 is 14.4 Å². The highest BCUT2D eigenvalue weighted by Gasteiger charge is 2.34. The van der Waals surface area contributed by atoms with Crippen molar-refractivity contribution in [3.05, 3.63) is 88.4 Å². The second-order valence-corrected chi connectivity index (χ2v) is 12.6. The number of amides is 2. The largest absolute Gasteiger partial charge is 0.497 e. The zero-order chi connectivity index (χ0) is 31.0. The molecule has 3 rings (SSSR count). The van der Waals surface area contributed by atoms with E-state index >= 15 is 0 Å². The van der Waals surface area contributed by atoms with Crippen LogP contribution in [-0.2, 0) is 26.2 Å². The number of halogens is 1. The van der Waals surface area contributed by atoms with Gasteiger partial charge in [0.25, 0.3) is 10.0 Å². The summed E-state index contributed by atoms with van der Waals surface area (Å²) in [5.41, 5.74) is 2.96. The molecule has 2 amide bonds. The third kappa shape index (κ3) is 8.04. The lowest BCUT2D eigenvalue weighted by molar-refractivity contribution is -0.140. The van der Waals surface area contributed by atoms with Gasteiger partial charge in [0.2, 0.25) is 11.8 Å². The van der Waals surface area contributed by atoms with Gasteiger partial charge in [0.15, 0.2) is 0 Å². The minimum Gasteiger partial charge on any atom is -0.497 e.